The van der Waals surface area contributed by atoms with Crippen LogP contribution < -0.4 is 11.5 Å². The molecule has 1 fully saturated rings. The van der Waals surface area contributed by atoms with Crippen molar-refractivity contribution >= 4 is 5.91 Å². The average Bonchev–Trinajstić information content (AvgIpc) is 2.99. The lowest BCUT2D eigenvalue weighted by Crippen LogP contribution is -2.57. The predicted octanol–water partition coefficient (Wildman–Crippen LogP) is 1.03. The molecule has 1 unspecified atom stereocenters. The van der Waals surface area contributed by atoms with Crippen molar-refractivity contribution < 1.29 is 9.53 Å². The van der Waals surface area contributed by atoms with Gasteiger partial charge >= 0.3 is 0 Å². The van der Waals surface area contributed by atoms with Crippen LogP contribution in [0.5, 0.6) is 0 Å². The van der Waals surface area contributed by atoms with Crippen molar-refractivity contribution in [1.82, 2.24) is 0 Å². The van der Waals surface area contributed by atoms with Crippen molar-refractivity contribution in [3.63, 3.8) is 0 Å². The van der Waals surface area contributed by atoms with Crippen molar-refractivity contribution in [2.75, 3.05) is 13.2 Å². The van der Waals surface area contributed by atoms with Gasteiger partial charge in [0, 0.05) is 6.61 Å². The van der Waals surface area contributed by atoms with E-state index in [2.05, 4.69) is 13.8 Å². The molecule has 0 radical (unpaired) electrons. The van der Waals surface area contributed by atoms with Crippen molar-refractivity contribution in [1.29, 1.82) is 0 Å². The van der Waals surface area contributed by atoms with E-state index in [1.54, 1.807) is 0 Å². The largest absolute Gasteiger partial charge is 0.379 e. The van der Waals surface area contributed by atoms with Gasteiger partial charge in [-0.05, 0) is 37.5 Å². The molecule has 0 aromatic heterocycles. The topological polar surface area (TPSA) is 78.3 Å². The minimum atomic E-state index is -0.933. The fourth-order valence-electron chi connectivity index (χ4n) is 1.82. The zero-order valence-corrected chi connectivity index (χ0v) is 10.4. The SMILES string of the molecule is CC(C)CCCOCC(N)(C(N)=O)C1CC1. The molecule has 1 rings (SSSR count). The third-order valence-electron chi connectivity index (χ3n) is 3.18. The Kier molecular flexibility index (Phi) is 4.74. The maximum atomic E-state index is 11.3. The summed E-state index contributed by atoms with van der Waals surface area (Å²) in [6.45, 7) is 5.30. The smallest absolute Gasteiger partial charge is 0.240 e. The first-order valence-corrected chi connectivity index (χ1v) is 6.13. The van der Waals surface area contributed by atoms with Gasteiger partial charge in [0.25, 0.3) is 0 Å². The monoisotopic (exact) mass is 228 g/mol. The van der Waals surface area contributed by atoms with E-state index >= 15 is 0 Å². The van der Waals surface area contributed by atoms with Gasteiger partial charge in [-0.1, -0.05) is 13.8 Å². The van der Waals surface area contributed by atoms with Crippen LogP contribution in [0.3, 0.4) is 0 Å². The second kappa shape index (κ2) is 5.64. The first-order valence-electron chi connectivity index (χ1n) is 6.13. The summed E-state index contributed by atoms with van der Waals surface area (Å²) in [5.41, 5.74) is 10.4. The molecule has 0 aliphatic heterocycles. The summed E-state index contributed by atoms with van der Waals surface area (Å²) >= 11 is 0. The molecule has 0 spiro atoms. The number of primary amides is 1. The molecule has 1 aliphatic rings. The predicted molar refractivity (Wildman–Crippen MR) is 63.7 cm³/mol. The van der Waals surface area contributed by atoms with Crippen LogP contribution in [0.4, 0.5) is 0 Å². The van der Waals surface area contributed by atoms with Crippen molar-refractivity contribution in [3.8, 4) is 0 Å². The number of hydrogen-bond donors (Lipinski definition) is 2. The van der Waals surface area contributed by atoms with Gasteiger partial charge in [0.2, 0.25) is 5.91 Å². The lowest BCUT2D eigenvalue weighted by molar-refractivity contribution is -0.126. The minimum Gasteiger partial charge on any atom is -0.379 e. The van der Waals surface area contributed by atoms with Gasteiger partial charge in [0.1, 0.15) is 5.54 Å². The molecule has 0 bridgehead atoms. The highest BCUT2D eigenvalue weighted by Crippen LogP contribution is 2.38. The van der Waals surface area contributed by atoms with Crippen molar-refractivity contribution in [2.24, 2.45) is 23.3 Å². The van der Waals surface area contributed by atoms with Gasteiger partial charge in [0.15, 0.2) is 0 Å². The fourth-order valence-corrected chi connectivity index (χ4v) is 1.82. The quantitative estimate of drug-likeness (QED) is 0.609. The summed E-state index contributed by atoms with van der Waals surface area (Å²) in [4.78, 5) is 11.3. The third kappa shape index (κ3) is 3.76. The maximum absolute atomic E-state index is 11.3. The van der Waals surface area contributed by atoms with Gasteiger partial charge in [0.05, 0.1) is 6.61 Å². The van der Waals surface area contributed by atoms with Gasteiger partial charge in [-0.25, -0.2) is 0 Å². The molecule has 0 aromatic carbocycles. The second-order valence-electron chi connectivity index (χ2n) is 5.27. The van der Waals surface area contributed by atoms with Crippen LogP contribution in [0.15, 0.2) is 0 Å². The van der Waals surface area contributed by atoms with Crippen LogP contribution in [0.2, 0.25) is 0 Å². The van der Waals surface area contributed by atoms with E-state index in [0.717, 1.165) is 25.7 Å². The Morgan fingerprint density at radius 1 is 1.50 bits per heavy atom. The molecule has 1 amide bonds. The van der Waals surface area contributed by atoms with E-state index in [1.807, 2.05) is 0 Å². The summed E-state index contributed by atoms with van der Waals surface area (Å²) in [6.07, 6.45) is 4.14. The summed E-state index contributed by atoms with van der Waals surface area (Å²) < 4.78 is 5.49. The van der Waals surface area contributed by atoms with Crippen molar-refractivity contribution in [3.05, 3.63) is 0 Å². The number of carbonyl (C=O) groups excluding carboxylic acids is 1. The van der Waals surface area contributed by atoms with E-state index in [9.17, 15) is 4.79 Å². The minimum absolute atomic E-state index is 0.232. The van der Waals surface area contributed by atoms with E-state index in [-0.39, 0.29) is 12.5 Å². The van der Waals surface area contributed by atoms with Crippen LogP contribution in [-0.4, -0.2) is 24.7 Å². The molecule has 4 heteroatoms. The Bertz CT molecular complexity index is 239. The van der Waals surface area contributed by atoms with E-state index < -0.39 is 11.4 Å². The van der Waals surface area contributed by atoms with Gasteiger partial charge in [-0.3, -0.25) is 4.79 Å². The Hall–Kier alpha value is -0.610. The van der Waals surface area contributed by atoms with Gasteiger partial charge in [-0.2, -0.15) is 0 Å². The molecule has 1 aliphatic carbocycles. The number of hydrogen-bond acceptors (Lipinski definition) is 3. The molecule has 0 saturated heterocycles. The maximum Gasteiger partial charge on any atom is 0.240 e. The molecule has 94 valence electrons. The fraction of sp³-hybridized carbons (Fsp3) is 0.917. The molecular weight excluding hydrogens is 204 g/mol. The van der Waals surface area contributed by atoms with Crippen molar-refractivity contribution in [2.45, 2.75) is 45.1 Å². The summed E-state index contributed by atoms with van der Waals surface area (Å²) in [6, 6.07) is 0. The number of amides is 1. The lowest BCUT2D eigenvalue weighted by atomic mass is 9.95. The molecule has 0 aromatic rings. The molecule has 16 heavy (non-hydrogen) atoms. The number of ether oxygens (including phenoxy) is 1. The molecule has 1 saturated carbocycles. The lowest BCUT2D eigenvalue weighted by Gasteiger charge is -2.25. The molecule has 4 nitrogen and oxygen atoms in total. The van der Waals surface area contributed by atoms with Crippen LogP contribution >= 0.6 is 0 Å². The number of carbonyl (C=O) groups is 1. The third-order valence-corrected chi connectivity index (χ3v) is 3.18. The average molecular weight is 228 g/mol. The highest BCUT2D eigenvalue weighted by Gasteiger charge is 2.47. The summed E-state index contributed by atoms with van der Waals surface area (Å²) in [5.74, 6) is 0.486. The highest BCUT2D eigenvalue weighted by atomic mass is 16.5. The normalized spacial score (nSPS) is 19.8. The van der Waals surface area contributed by atoms with E-state index in [4.69, 9.17) is 16.2 Å². The Morgan fingerprint density at radius 2 is 2.12 bits per heavy atom. The van der Waals surface area contributed by atoms with Crippen LogP contribution in [0.1, 0.15) is 39.5 Å². The first-order chi connectivity index (χ1) is 7.47. The summed E-state index contributed by atoms with van der Waals surface area (Å²) in [5, 5.41) is 0. The Morgan fingerprint density at radius 3 is 2.56 bits per heavy atom. The zero-order valence-electron chi connectivity index (χ0n) is 10.4. The first kappa shape index (κ1) is 13.5. The van der Waals surface area contributed by atoms with E-state index in [0.29, 0.717) is 12.5 Å². The van der Waals surface area contributed by atoms with Crippen LogP contribution in [-0.2, 0) is 9.53 Å². The van der Waals surface area contributed by atoms with Crippen LogP contribution in [0, 0.1) is 11.8 Å². The highest BCUT2D eigenvalue weighted by molar-refractivity contribution is 5.85. The van der Waals surface area contributed by atoms with Crippen LogP contribution in [0.25, 0.3) is 0 Å². The van der Waals surface area contributed by atoms with E-state index in [1.165, 1.54) is 0 Å². The number of rotatable bonds is 8. The van der Waals surface area contributed by atoms with Gasteiger partial charge < -0.3 is 16.2 Å². The standard InChI is InChI=1S/C12H24N2O2/c1-9(2)4-3-7-16-8-12(14,11(13)15)10-5-6-10/h9-10H,3-8,14H2,1-2H3,(H2,13,15). The molecule has 4 N–H and O–H groups in total. The number of nitrogens with two attached hydrogens (primary N) is 2. The second-order valence-corrected chi connectivity index (χ2v) is 5.27. The molecular formula is C12H24N2O2. The molecule has 1 atom stereocenters. The Labute approximate surface area is 97.7 Å². The Balaban J connectivity index is 2.21. The zero-order chi connectivity index (χ0) is 12.2. The summed E-state index contributed by atoms with van der Waals surface area (Å²) in [7, 11) is 0. The van der Waals surface area contributed by atoms with Gasteiger partial charge in [-0.15, -0.1) is 0 Å². The molecule has 0 heterocycles.